The van der Waals surface area contributed by atoms with Crippen molar-refractivity contribution in [2.75, 3.05) is 26.2 Å². The first-order chi connectivity index (χ1) is 8.43. The van der Waals surface area contributed by atoms with Gasteiger partial charge in [0.05, 0.1) is 6.33 Å². The van der Waals surface area contributed by atoms with Crippen LogP contribution in [0.4, 0.5) is 0 Å². The van der Waals surface area contributed by atoms with Crippen LogP contribution >= 0.6 is 0 Å². The fraction of sp³-hybridized carbons (Fsp3) is 0.769. The predicted octanol–water partition coefficient (Wildman–Crippen LogP) is 0.957. The van der Waals surface area contributed by atoms with Gasteiger partial charge in [0.2, 0.25) is 0 Å². The summed E-state index contributed by atoms with van der Waals surface area (Å²) in [5.74, 6) is 0.982. The first kappa shape index (κ1) is 11.2. The molecule has 1 aliphatic heterocycles. The topological polar surface area (TPSA) is 33.1 Å². The number of nitrogens with one attached hydrogen (secondary N) is 1. The van der Waals surface area contributed by atoms with Gasteiger partial charge >= 0.3 is 0 Å². The highest BCUT2D eigenvalue weighted by atomic mass is 15.2. The van der Waals surface area contributed by atoms with E-state index in [-0.39, 0.29) is 0 Å². The van der Waals surface area contributed by atoms with E-state index in [4.69, 9.17) is 0 Å². The summed E-state index contributed by atoms with van der Waals surface area (Å²) in [4.78, 5) is 6.78. The van der Waals surface area contributed by atoms with Crippen LogP contribution in [0.2, 0.25) is 0 Å². The second-order valence-electron chi connectivity index (χ2n) is 5.30. The lowest BCUT2D eigenvalue weighted by atomic mass is 10.1. The predicted molar refractivity (Wildman–Crippen MR) is 67.8 cm³/mol. The summed E-state index contributed by atoms with van der Waals surface area (Å²) in [7, 11) is 0. The van der Waals surface area contributed by atoms with Gasteiger partial charge in [-0.2, -0.15) is 0 Å². The summed E-state index contributed by atoms with van der Waals surface area (Å²) < 4.78 is 2.17. The highest BCUT2D eigenvalue weighted by Crippen LogP contribution is 2.35. The molecule has 1 aromatic rings. The van der Waals surface area contributed by atoms with Crippen LogP contribution in [0.3, 0.4) is 0 Å². The second-order valence-corrected chi connectivity index (χ2v) is 5.30. The molecule has 0 spiro atoms. The van der Waals surface area contributed by atoms with Crippen LogP contribution < -0.4 is 5.32 Å². The van der Waals surface area contributed by atoms with E-state index in [9.17, 15) is 0 Å². The van der Waals surface area contributed by atoms with Crippen LogP contribution in [0, 0.1) is 5.92 Å². The van der Waals surface area contributed by atoms with Crippen LogP contribution in [0.25, 0.3) is 0 Å². The minimum absolute atomic E-state index is 0.812. The van der Waals surface area contributed by atoms with Gasteiger partial charge in [-0.25, -0.2) is 4.98 Å². The Morgan fingerprint density at radius 3 is 3.00 bits per heavy atom. The zero-order chi connectivity index (χ0) is 11.5. The monoisotopic (exact) mass is 234 g/mol. The van der Waals surface area contributed by atoms with E-state index in [1.807, 2.05) is 12.5 Å². The Balaban J connectivity index is 1.46. The van der Waals surface area contributed by atoms with E-state index in [1.165, 1.54) is 38.9 Å². The third kappa shape index (κ3) is 2.87. The van der Waals surface area contributed by atoms with Gasteiger partial charge in [0.15, 0.2) is 0 Å². The maximum atomic E-state index is 4.08. The SMILES string of the molecule is c1cn(CCCN2CCNCC2C2CC2)cn1. The molecule has 1 saturated carbocycles. The highest BCUT2D eigenvalue weighted by Gasteiger charge is 2.35. The van der Waals surface area contributed by atoms with E-state index < -0.39 is 0 Å². The van der Waals surface area contributed by atoms with E-state index in [0.29, 0.717) is 0 Å². The number of rotatable bonds is 5. The summed E-state index contributed by atoms with van der Waals surface area (Å²) >= 11 is 0. The lowest BCUT2D eigenvalue weighted by Crippen LogP contribution is -2.52. The molecule has 1 saturated heterocycles. The van der Waals surface area contributed by atoms with Crippen LogP contribution in [0.5, 0.6) is 0 Å². The lowest BCUT2D eigenvalue weighted by molar-refractivity contribution is 0.140. The third-order valence-corrected chi connectivity index (χ3v) is 3.99. The second kappa shape index (κ2) is 5.19. The number of aromatic nitrogens is 2. The van der Waals surface area contributed by atoms with E-state index >= 15 is 0 Å². The molecule has 94 valence electrons. The van der Waals surface area contributed by atoms with E-state index in [0.717, 1.165) is 25.0 Å². The van der Waals surface area contributed by atoms with Gasteiger partial charge in [-0.3, -0.25) is 4.90 Å². The van der Waals surface area contributed by atoms with Gasteiger partial charge in [0, 0.05) is 51.2 Å². The van der Waals surface area contributed by atoms with Crippen LogP contribution in [0.1, 0.15) is 19.3 Å². The van der Waals surface area contributed by atoms with Crippen molar-refractivity contribution in [3.05, 3.63) is 18.7 Å². The molecule has 3 rings (SSSR count). The van der Waals surface area contributed by atoms with Gasteiger partial charge < -0.3 is 9.88 Å². The molecule has 0 aromatic carbocycles. The van der Waals surface area contributed by atoms with Gasteiger partial charge in [-0.05, 0) is 25.2 Å². The van der Waals surface area contributed by atoms with Crippen molar-refractivity contribution in [1.82, 2.24) is 19.8 Å². The third-order valence-electron chi connectivity index (χ3n) is 3.99. The number of aryl methyl sites for hydroxylation is 1. The molecule has 1 aromatic heterocycles. The molecule has 1 unspecified atom stereocenters. The molecule has 1 atom stereocenters. The van der Waals surface area contributed by atoms with E-state index in [1.54, 1.807) is 0 Å². The molecule has 1 N–H and O–H groups in total. The molecule has 4 nitrogen and oxygen atoms in total. The van der Waals surface area contributed by atoms with Crippen molar-refractivity contribution < 1.29 is 0 Å². The molecule has 1 aliphatic carbocycles. The molecule has 17 heavy (non-hydrogen) atoms. The summed E-state index contributed by atoms with van der Waals surface area (Å²) in [6.07, 6.45) is 9.96. The number of hydrogen-bond donors (Lipinski definition) is 1. The molecule has 2 aliphatic rings. The highest BCUT2D eigenvalue weighted by molar-refractivity contribution is 4.92. The Hall–Kier alpha value is -0.870. The van der Waals surface area contributed by atoms with Gasteiger partial charge in [0.25, 0.3) is 0 Å². The molecule has 2 fully saturated rings. The fourth-order valence-corrected chi connectivity index (χ4v) is 2.87. The van der Waals surface area contributed by atoms with Crippen LogP contribution in [-0.4, -0.2) is 46.7 Å². The largest absolute Gasteiger partial charge is 0.337 e. The molecule has 0 radical (unpaired) electrons. The van der Waals surface area contributed by atoms with Crippen LogP contribution in [-0.2, 0) is 6.54 Å². The number of imidazole rings is 1. The Kier molecular flexibility index (Phi) is 3.43. The molecule has 0 bridgehead atoms. The number of nitrogens with zero attached hydrogens (tertiary/aromatic N) is 3. The smallest absolute Gasteiger partial charge is 0.0945 e. The normalized spacial score (nSPS) is 26.2. The van der Waals surface area contributed by atoms with Gasteiger partial charge in [-0.15, -0.1) is 0 Å². The van der Waals surface area contributed by atoms with Crippen molar-refractivity contribution in [2.45, 2.75) is 31.8 Å². The first-order valence-corrected chi connectivity index (χ1v) is 6.84. The maximum absolute atomic E-state index is 4.08. The van der Waals surface area contributed by atoms with Crippen molar-refractivity contribution in [2.24, 2.45) is 5.92 Å². The van der Waals surface area contributed by atoms with Crippen molar-refractivity contribution in [1.29, 1.82) is 0 Å². The zero-order valence-corrected chi connectivity index (χ0v) is 10.4. The Morgan fingerprint density at radius 1 is 1.29 bits per heavy atom. The fourth-order valence-electron chi connectivity index (χ4n) is 2.87. The zero-order valence-electron chi connectivity index (χ0n) is 10.4. The molecule has 2 heterocycles. The number of piperazine rings is 1. The standard InChI is InChI=1S/C13H22N4/c1(6-16-8-4-15-11-16)7-17-9-5-14-10-13(17)12-2-3-12/h4,8,11-14H,1-3,5-7,9-10H2. The average Bonchev–Trinajstić information content (AvgIpc) is 3.08. The quantitative estimate of drug-likeness (QED) is 0.823. The van der Waals surface area contributed by atoms with Crippen molar-refractivity contribution >= 4 is 0 Å². The Labute approximate surface area is 103 Å². The average molecular weight is 234 g/mol. The van der Waals surface area contributed by atoms with Gasteiger partial charge in [-0.1, -0.05) is 0 Å². The minimum atomic E-state index is 0.812. The first-order valence-electron chi connectivity index (χ1n) is 6.84. The summed E-state index contributed by atoms with van der Waals surface area (Å²) in [6, 6.07) is 0.812. The molecule has 0 amide bonds. The minimum Gasteiger partial charge on any atom is -0.337 e. The Morgan fingerprint density at radius 2 is 2.24 bits per heavy atom. The molecular weight excluding hydrogens is 212 g/mol. The van der Waals surface area contributed by atoms with Crippen LogP contribution in [0.15, 0.2) is 18.7 Å². The van der Waals surface area contributed by atoms with E-state index in [2.05, 4.69) is 26.0 Å². The van der Waals surface area contributed by atoms with Crippen molar-refractivity contribution in [3.63, 3.8) is 0 Å². The number of hydrogen-bond acceptors (Lipinski definition) is 3. The van der Waals surface area contributed by atoms with Gasteiger partial charge in [0.1, 0.15) is 0 Å². The summed E-state index contributed by atoms with van der Waals surface area (Å²) in [5.41, 5.74) is 0. The van der Waals surface area contributed by atoms with Crippen molar-refractivity contribution in [3.8, 4) is 0 Å². The maximum Gasteiger partial charge on any atom is 0.0945 e. The lowest BCUT2D eigenvalue weighted by Gasteiger charge is -2.36. The molecule has 4 heteroatoms. The molecular formula is C13H22N4. The summed E-state index contributed by atoms with van der Waals surface area (Å²) in [5, 5.41) is 3.53. The Bertz CT molecular complexity index is 331. The summed E-state index contributed by atoms with van der Waals surface area (Å²) in [6.45, 7) is 5.93.